The minimum absolute atomic E-state index is 0.0844. The molecule has 23 heavy (non-hydrogen) atoms. The van der Waals surface area contributed by atoms with Crippen LogP contribution < -0.4 is 10.9 Å². The van der Waals surface area contributed by atoms with E-state index in [9.17, 15) is 4.79 Å². The molecule has 1 unspecified atom stereocenters. The first-order valence-corrected chi connectivity index (χ1v) is 7.39. The average Bonchev–Trinajstić information content (AvgIpc) is 2.58. The Morgan fingerprint density at radius 1 is 1.22 bits per heavy atom. The van der Waals surface area contributed by atoms with Gasteiger partial charge in [0.15, 0.2) is 0 Å². The number of anilines is 2. The molecule has 3 rings (SSSR count). The first-order chi connectivity index (χ1) is 11.2. The number of pyridine rings is 1. The van der Waals surface area contributed by atoms with Gasteiger partial charge in [0.05, 0.1) is 12.6 Å². The van der Waals surface area contributed by atoms with Gasteiger partial charge < -0.3 is 10.1 Å². The Morgan fingerprint density at radius 3 is 2.74 bits per heavy atom. The van der Waals surface area contributed by atoms with Crippen molar-refractivity contribution in [3.63, 3.8) is 0 Å². The highest BCUT2D eigenvalue weighted by Gasteiger charge is 2.10. The molecule has 1 N–H and O–H groups in total. The molecule has 0 radical (unpaired) electrons. The van der Waals surface area contributed by atoms with Crippen LogP contribution in [-0.2, 0) is 11.3 Å². The highest BCUT2D eigenvalue weighted by atomic mass is 16.5. The van der Waals surface area contributed by atoms with Gasteiger partial charge in [0.1, 0.15) is 5.65 Å². The van der Waals surface area contributed by atoms with Crippen molar-refractivity contribution in [3.8, 4) is 0 Å². The van der Waals surface area contributed by atoms with Gasteiger partial charge >= 0.3 is 0 Å². The summed E-state index contributed by atoms with van der Waals surface area (Å²) in [6, 6.07) is 12.9. The summed E-state index contributed by atoms with van der Waals surface area (Å²) in [6.07, 6.45) is 1.62. The molecule has 0 fully saturated rings. The molecule has 1 atom stereocenters. The van der Waals surface area contributed by atoms with Crippen molar-refractivity contribution in [2.75, 3.05) is 12.4 Å². The topological polar surface area (TPSA) is 69.0 Å². The lowest BCUT2D eigenvalue weighted by Crippen LogP contribution is -2.26. The second-order valence-corrected chi connectivity index (χ2v) is 5.29. The maximum atomic E-state index is 12.2. The van der Waals surface area contributed by atoms with E-state index in [-0.39, 0.29) is 11.7 Å². The maximum Gasteiger partial charge on any atom is 0.252 e. The Morgan fingerprint density at radius 2 is 2.00 bits per heavy atom. The van der Waals surface area contributed by atoms with Crippen LogP contribution in [0.15, 0.2) is 53.5 Å². The quantitative estimate of drug-likeness (QED) is 0.784. The molecular formula is C17H18N4O2. The number of nitrogens with zero attached hydrogens (tertiary/aromatic N) is 3. The standard InChI is InChI=1S/C17H18N4O2/c1-12(23-2)11-21-15(22)9-8-13-10-18-17(20-16(13)21)19-14-6-4-3-5-7-14/h3-10,12H,11H2,1-2H3,(H,18,19,20). The zero-order valence-electron chi connectivity index (χ0n) is 13.1. The summed E-state index contributed by atoms with van der Waals surface area (Å²) in [6.45, 7) is 2.35. The molecular weight excluding hydrogens is 292 g/mol. The first kappa shape index (κ1) is 15.2. The molecule has 0 spiro atoms. The molecule has 0 aliphatic rings. The van der Waals surface area contributed by atoms with Gasteiger partial charge in [-0.15, -0.1) is 0 Å². The summed E-state index contributed by atoms with van der Waals surface area (Å²) < 4.78 is 6.88. The van der Waals surface area contributed by atoms with Gasteiger partial charge in [0.25, 0.3) is 5.56 Å². The molecule has 0 aliphatic heterocycles. The summed E-state index contributed by atoms with van der Waals surface area (Å²) in [7, 11) is 1.62. The smallest absolute Gasteiger partial charge is 0.252 e. The van der Waals surface area contributed by atoms with Crippen LogP contribution in [0, 0.1) is 0 Å². The summed E-state index contributed by atoms with van der Waals surface area (Å²) in [5, 5.41) is 3.95. The number of aromatic nitrogens is 3. The fourth-order valence-electron chi connectivity index (χ4n) is 2.29. The molecule has 0 amide bonds. The van der Waals surface area contributed by atoms with Crippen LogP contribution in [0.1, 0.15) is 6.92 Å². The van der Waals surface area contributed by atoms with Crippen molar-refractivity contribution in [2.45, 2.75) is 19.6 Å². The van der Waals surface area contributed by atoms with Crippen LogP contribution in [0.4, 0.5) is 11.6 Å². The fourth-order valence-corrected chi connectivity index (χ4v) is 2.29. The zero-order chi connectivity index (χ0) is 16.2. The molecule has 6 heteroatoms. The lowest BCUT2D eigenvalue weighted by Gasteiger charge is -2.14. The molecule has 118 valence electrons. The van der Waals surface area contributed by atoms with Crippen molar-refractivity contribution in [3.05, 3.63) is 59.0 Å². The molecule has 1 aromatic carbocycles. The number of para-hydroxylation sites is 1. The minimum Gasteiger partial charge on any atom is -0.380 e. The predicted octanol–water partition coefficient (Wildman–Crippen LogP) is 2.57. The summed E-state index contributed by atoms with van der Waals surface area (Å²) in [5.74, 6) is 0.452. The third-order valence-corrected chi connectivity index (χ3v) is 3.60. The summed E-state index contributed by atoms with van der Waals surface area (Å²) >= 11 is 0. The number of benzene rings is 1. The van der Waals surface area contributed by atoms with Crippen LogP contribution in [0.25, 0.3) is 11.0 Å². The van der Waals surface area contributed by atoms with Crippen LogP contribution in [-0.4, -0.2) is 27.7 Å². The van der Waals surface area contributed by atoms with E-state index in [1.807, 2.05) is 37.3 Å². The van der Waals surface area contributed by atoms with Crippen molar-refractivity contribution < 1.29 is 4.74 Å². The van der Waals surface area contributed by atoms with E-state index in [1.165, 1.54) is 6.07 Å². The second-order valence-electron chi connectivity index (χ2n) is 5.29. The van der Waals surface area contributed by atoms with Crippen LogP contribution in [0.3, 0.4) is 0 Å². The van der Waals surface area contributed by atoms with Crippen molar-refractivity contribution in [1.82, 2.24) is 14.5 Å². The summed E-state index contributed by atoms with van der Waals surface area (Å²) in [5.41, 5.74) is 1.38. The minimum atomic E-state index is -0.106. The Hall–Kier alpha value is -2.73. The van der Waals surface area contributed by atoms with Gasteiger partial charge in [0.2, 0.25) is 5.95 Å². The predicted molar refractivity (Wildman–Crippen MR) is 90.0 cm³/mol. The summed E-state index contributed by atoms with van der Waals surface area (Å²) in [4.78, 5) is 21.0. The van der Waals surface area contributed by atoms with Gasteiger partial charge in [-0.2, -0.15) is 4.98 Å². The number of hydrogen-bond donors (Lipinski definition) is 1. The largest absolute Gasteiger partial charge is 0.380 e. The first-order valence-electron chi connectivity index (χ1n) is 7.39. The number of ether oxygens (including phenoxy) is 1. The Balaban J connectivity index is 2.03. The molecule has 2 heterocycles. The van der Waals surface area contributed by atoms with E-state index in [2.05, 4.69) is 15.3 Å². The van der Waals surface area contributed by atoms with Crippen molar-refractivity contribution >= 4 is 22.7 Å². The van der Waals surface area contributed by atoms with Gasteiger partial charge in [-0.05, 0) is 25.1 Å². The lowest BCUT2D eigenvalue weighted by atomic mass is 10.3. The number of fused-ring (bicyclic) bond motifs is 1. The highest BCUT2D eigenvalue weighted by Crippen LogP contribution is 2.15. The number of methoxy groups -OCH3 is 1. The van der Waals surface area contributed by atoms with Crippen LogP contribution in [0.5, 0.6) is 0 Å². The van der Waals surface area contributed by atoms with Crippen molar-refractivity contribution in [1.29, 1.82) is 0 Å². The number of nitrogens with one attached hydrogen (secondary N) is 1. The zero-order valence-corrected chi connectivity index (χ0v) is 13.1. The fraction of sp³-hybridized carbons (Fsp3) is 0.235. The van der Waals surface area contributed by atoms with Gasteiger partial charge in [-0.1, -0.05) is 18.2 Å². The van der Waals surface area contributed by atoms with Crippen LogP contribution in [0.2, 0.25) is 0 Å². The lowest BCUT2D eigenvalue weighted by molar-refractivity contribution is 0.103. The number of rotatable bonds is 5. The average molecular weight is 310 g/mol. The van der Waals surface area contributed by atoms with Gasteiger partial charge in [-0.25, -0.2) is 4.98 Å². The molecule has 0 saturated carbocycles. The van der Waals surface area contributed by atoms with E-state index in [1.54, 1.807) is 23.9 Å². The Kier molecular flexibility index (Phi) is 4.34. The van der Waals surface area contributed by atoms with Crippen molar-refractivity contribution in [2.24, 2.45) is 0 Å². The maximum absolute atomic E-state index is 12.2. The molecule has 0 aliphatic carbocycles. The van der Waals surface area contributed by atoms with Gasteiger partial charge in [0, 0.05) is 30.4 Å². The third-order valence-electron chi connectivity index (χ3n) is 3.60. The molecule has 6 nitrogen and oxygen atoms in total. The van der Waals surface area contributed by atoms with Gasteiger partial charge in [-0.3, -0.25) is 9.36 Å². The monoisotopic (exact) mass is 310 g/mol. The normalized spacial score (nSPS) is 12.3. The molecule has 0 saturated heterocycles. The molecule has 2 aromatic heterocycles. The van der Waals surface area contributed by atoms with E-state index in [0.717, 1.165) is 11.1 Å². The van der Waals surface area contributed by atoms with Crippen LogP contribution >= 0.6 is 0 Å². The van der Waals surface area contributed by atoms with E-state index in [4.69, 9.17) is 4.74 Å². The molecule has 0 bridgehead atoms. The van der Waals surface area contributed by atoms with E-state index in [0.29, 0.717) is 18.1 Å². The highest BCUT2D eigenvalue weighted by molar-refractivity contribution is 5.75. The number of hydrogen-bond acceptors (Lipinski definition) is 5. The Labute approximate surface area is 133 Å². The van der Waals surface area contributed by atoms with E-state index >= 15 is 0 Å². The van der Waals surface area contributed by atoms with E-state index < -0.39 is 0 Å². The molecule has 3 aromatic rings. The Bertz CT molecular complexity index is 861. The second kappa shape index (κ2) is 6.58. The SMILES string of the molecule is COC(C)Cn1c(=O)ccc2cnc(Nc3ccccc3)nc21. The third kappa shape index (κ3) is 3.37.